The number of phenolic OH excluding ortho intramolecular Hbond substituents is 1. The summed E-state index contributed by atoms with van der Waals surface area (Å²) in [6.45, 7) is 0. The van der Waals surface area contributed by atoms with Crippen LogP contribution in [0.5, 0.6) is 5.75 Å². The highest BCUT2D eigenvalue weighted by molar-refractivity contribution is 7.99. The van der Waals surface area contributed by atoms with Gasteiger partial charge in [-0.1, -0.05) is 76.4 Å². The molecule has 4 aromatic rings. The fourth-order valence-electron chi connectivity index (χ4n) is 3.46. The van der Waals surface area contributed by atoms with Crippen LogP contribution in [-0.2, 0) is 12.8 Å². The summed E-state index contributed by atoms with van der Waals surface area (Å²) < 4.78 is 0. The molecule has 36 heavy (non-hydrogen) atoms. The fourth-order valence-corrected chi connectivity index (χ4v) is 5.26. The number of phenols is 1. The van der Waals surface area contributed by atoms with Gasteiger partial charge in [-0.15, -0.1) is 0 Å². The van der Waals surface area contributed by atoms with Gasteiger partial charge in [-0.3, -0.25) is 0 Å². The molecule has 1 aromatic heterocycles. The molecule has 0 saturated heterocycles. The number of hydrogen-bond acceptors (Lipinski definition) is 4. The summed E-state index contributed by atoms with van der Waals surface area (Å²) in [5, 5.41) is 17.0. The van der Waals surface area contributed by atoms with Crippen LogP contribution in [-0.4, -0.2) is 16.1 Å². The Morgan fingerprint density at radius 1 is 0.806 bits per heavy atom. The molecule has 0 radical (unpaired) electrons. The first-order valence-corrected chi connectivity index (χ1v) is 13.0. The van der Waals surface area contributed by atoms with E-state index in [1.165, 1.54) is 18.2 Å². The quantitative estimate of drug-likeness (QED) is 0.151. The summed E-state index contributed by atoms with van der Waals surface area (Å²) in [6, 6.07) is 21.4. The topological polar surface area (TPSA) is 74.2 Å². The minimum atomic E-state index is -0.522. The Morgan fingerprint density at radius 2 is 1.42 bits per heavy atom. The number of aromatic nitrogens is 1. The Kier molecular flexibility index (Phi) is 8.88. The van der Waals surface area contributed by atoms with E-state index in [0.29, 0.717) is 34.8 Å². The maximum Gasteiger partial charge on any atom is 0.323 e. The summed E-state index contributed by atoms with van der Waals surface area (Å²) in [4.78, 5) is 18.5. The number of carbonyl (C=O) groups is 1. The van der Waals surface area contributed by atoms with E-state index in [1.54, 1.807) is 17.8 Å². The molecule has 2 amide bonds. The van der Waals surface area contributed by atoms with E-state index < -0.39 is 6.03 Å². The maximum absolute atomic E-state index is 12.5. The monoisotopic (exact) mass is 577 g/mol. The van der Waals surface area contributed by atoms with Gasteiger partial charge < -0.3 is 15.7 Å². The fraction of sp³-hybridized carbons (Fsp3) is 0.0769. The Bertz CT molecular complexity index is 1380. The number of carbonyl (C=O) groups excluding carboxylic acids is 1. The van der Waals surface area contributed by atoms with Gasteiger partial charge in [0.2, 0.25) is 0 Å². The molecule has 1 heterocycles. The predicted octanol–water partition coefficient (Wildman–Crippen LogP) is 8.98. The number of benzene rings is 3. The first-order chi connectivity index (χ1) is 17.3. The van der Waals surface area contributed by atoms with Crippen LogP contribution in [0.25, 0.3) is 0 Å². The summed E-state index contributed by atoms with van der Waals surface area (Å²) in [6.07, 6.45) is 1.17. The zero-order chi connectivity index (χ0) is 25.7. The lowest BCUT2D eigenvalue weighted by Crippen LogP contribution is -2.19. The molecular weight excluding hydrogens is 560 g/mol. The average Bonchev–Trinajstić information content (AvgIpc) is 2.82. The van der Waals surface area contributed by atoms with Crippen LogP contribution in [0.1, 0.15) is 11.1 Å². The minimum Gasteiger partial charge on any atom is -0.506 e. The molecular formula is C26H19Cl4N3O2S. The number of rotatable bonds is 7. The first-order valence-electron chi connectivity index (χ1n) is 10.7. The van der Waals surface area contributed by atoms with E-state index in [9.17, 15) is 9.90 Å². The molecule has 0 bridgehead atoms. The zero-order valence-electron chi connectivity index (χ0n) is 18.6. The van der Waals surface area contributed by atoms with Gasteiger partial charge in [0.15, 0.2) is 0 Å². The average molecular weight is 579 g/mol. The number of aromatic hydroxyl groups is 1. The van der Waals surface area contributed by atoms with E-state index in [-0.39, 0.29) is 21.1 Å². The summed E-state index contributed by atoms with van der Waals surface area (Å²) in [5.41, 5.74) is 2.55. The molecule has 0 aliphatic heterocycles. The summed E-state index contributed by atoms with van der Waals surface area (Å²) in [7, 11) is 0. The van der Waals surface area contributed by atoms with Crippen LogP contribution < -0.4 is 10.6 Å². The van der Waals surface area contributed by atoms with Crippen LogP contribution in [0.2, 0.25) is 20.4 Å². The largest absolute Gasteiger partial charge is 0.506 e. The van der Waals surface area contributed by atoms with E-state index in [0.717, 1.165) is 15.4 Å². The second-order valence-corrected chi connectivity index (χ2v) is 10.4. The molecule has 10 heteroatoms. The molecule has 0 aliphatic rings. The number of hydrogen-bond donors (Lipinski definition) is 3. The van der Waals surface area contributed by atoms with Crippen LogP contribution in [0.15, 0.2) is 82.6 Å². The van der Waals surface area contributed by atoms with E-state index in [2.05, 4.69) is 27.8 Å². The highest BCUT2D eigenvalue weighted by Crippen LogP contribution is 2.35. The smallest absolute Gasteiger partial charge is 0.323 e. The van der Waals surface area contributed by atoms with Gasteiger partial charge in [0.1, 0.15) is 16.1 Å². The summed E-state index contributed by atoms with van der Waals surface area (Å²) >= 11 is 25.7. The van der Waals surface area contributed by atoms with Crippen molar-refractivity contribution in [2.24, 2.45) is 0 Å². The van der Waals surface area contributed by atoms with Crippen LogP contribution in [0.3, 0.4) is 0 Å². The molecule has 0 unspecified atom stereocenters. The van der Waals surface area contributed by atoms with Crippen molar-refractivity contribution < 1.29 is 9.90 Å². The highest BCUT2D eigenvalue weighted by atomic mass is 35.5. The molecule has 0 atom stereocenters. The number of halogens is 4. The number of nitrogens with zero attached hydrogens (tertiary/aromatic N) is 1. The number of urea groups is 1. The van der Waals surface area contributed by atoms with Gasteiger partial charge in [-0.2, -0.15) is 0 Å². The van der Waals surface area contributed by atoms with Crippen molar-refractivity contribution in [2.75, 3.05) is 10.6 Å². The normalized spacial score (nSPS) is 10.8. The molecule has 4 rings (SSSR count). The lowest BCUT2D eigenvalue weighted by molar-refractivity contribution is 0.262. The Labute approximate surface area is 232 Å². The van der Waals surface area contributed by atoms with E-state index in [4.69, 9.17) is 46.4 Å². The third-order valence-electron chi connectivity index (χ3n) is 5.10. The highest BCUT2D eigenvalue weighted by Gasteiger charge is 2.13. The third kappa shape index (κ3) is 7.21. The van der Waals surface area contributed by atoms with Gasteiger partial charge in [-0.25, -0.2) is 9.78 Å². The molecule has 3 N–H and O–H groups in total. The number of aryl methyl sites for hydroxylation is 2. The molecule has 3 aromatic carbocycles. The first kappa shape index (κ1) is 26.5. The number of nitrogens with one attached hydrogen (secondary N) is 2. The SMILES string of the molecule is O=C(Nc1cc(Cl)nc(Cl)c1)Nc1cc(Cl)c(O)c(CCc2ccccc2Sc2ccc(Cl)cc2)c1. The van der Waals surface area contributed by atoms with Crippen molar-refractivity contribution >= 4 is 75.6 Å². The molecule has 0 aliphatic carbocycles. The van der Waals surface area contributed by atoms with Crippen molar-refractivity contribution in [3.05, 3.63) is 104 Å². The van der Waals surface area contributed by atoms with Gasteiger partial charge >= 0.3 is 6.03 Å². The van der Waals surface area contributed by atoms with Crippen molar-refractivity contribution in [2.45, 2.75) is 22.6 Å². The van der Waals surface area contributed by atoms with Gasteiger partial charge in [0.25, 0.3) is 0 Å². The van der Waals surface area contributed by atoms with Gasteiger partial charge in [0.05, 0.1) is 5.02 Å². The van der Waals surface area contributed by atoms with Crippen molar-refractivity contribution in [1.82, 2.24) is 4.98 Å². The van der Waals surface area contributed by atoms with Crippen molar-refractivity contribution in [1.29, 1.82) is 0 Å². The molecule has 5 nitrogen and oxygen atoms in total. The number of anilines is 2. The van der Waals surface area contributed by atoms with Crippen LogP contribution in [0.4, 0.5) is 16.2 Å². The van der Waals surface area contributed by atoms with Crippen molar-refractivity contribution in [3.63, 3.8) is 0 Å². The Hall–Kier alpha value is -2.61. The van der Waals surface area contributed by atoms with Gasteiger partial charge in [-0.05, 0) is 78.6 Å². The summed E-state index contributed by atoms with van der Waals surface area (Å²) in [5.74, 6) is -0.0156. The molecule has 0 fully saturated rings. The molecule has 0 saturated carbocycles. The number of pyridine rings is 1. The third-order valence-corrected chi connectivity index (χ3v) is 7.15. The van der Waals surface area contributed by atoms with Crippen molar-refractivity contribution in [3.8, 4) is 5.75 Å². The second-order valence-electron chi connectivity index (χ2n) is 7.71. The standard InChI is InChI=1S/C26H19Cl4N3O2S/c27-17-7-9-20(10-8-17)36-22-4-2-1-3-15(22)5-6-16-11-18(12-21(28)25(16)34)31-26(35)32-19-13-23(29)33-24(30)14-19/h1-4,7-14,34H,5-6H2,(H2,31,32,33,35). The molecule has 0 spiro atoms. The maximum atomic E-state index is 12.5. The van der Waals surface area contributed by atoms with Crippen LogP contribution in [0, 0.1) is 0 Å². The van der Waals surface area contributed by atoms with Gasteiger partial charge in [0, 0.05) is 26.2 Å². The van der Waals surface area contributed by atoms with Crippen LogP contribution >= 0.6 is 58.2 Å². The lowest BCUT2D eigenvalue weighted by atomic mass is 10.0. The predicted molar refractivity (Wildman–Crippen MR) is 149 cm³/mol. The number of amides is 2. The van der Waals surface area contributed by atoms with E-state index >= 15 is 0 Å². The Morgan fingerprint density at radius 3 is 2.11 bits per heavy atom. The minimum absolute atomic E-state index is 0.0156. The lowest BCUT2D eigenvalue weighted by Gasteiger charge is -2.13. The second kappa shape index (κ2) is 12.1. The zero-order valence-corrected chi connectivity index (χ0v) is 22.4. The Balaban J connectivity index is 1.46. The van der Waals surface area contributed by atoms with E-state index in [1.807, 2.05) is 36.4 Å². The molecule has 184 valence electrons.